The van der Waals surface area contributed by atoms with E-state index in [-0.39, 0.29) is 22.8 Å². The van der Waals surface area contributed by atoms with Crippen LogP contribution in [0.3, 0.4) is 0 Å². The maximum absolute atomic E-state index is 12.4. The van der Waals surface area contributed by atoms with Crippen LogP contribution in [-0.2, 0) is 0 Å². The van der Waals surface area contributed by atoms with Gasteiger partial charge in [0.25, 0.3) is 0 Å². The zero-order valence-corrected chi connectivity index (χ0v) is 13.4. The van der Waals surface area contributed by atoms with Crippen molar-refractivity contribution >= 4 is 34.0 Å². The summed E-state index contributed by atoms with van der Waals surface area (Å²) < 4.78 is 29.8. The molecule has 5 nitrogen and oxygen atoms in total. The van der Waals surface area contributed by atoms with Crippen molar-refractivity contribution in [2.75, 3.05) is 18.1 Å². The summed E-state index contributed by atoms with van der Waals surface area (Å²) in [5.41, 5.74) is 0.939. The van der Waals surface area contributed by atoms with E-state index in [0.29, 0.717) is 9.47 Å². The number of aromatic nitrogens is 2. The standard InChI is InChI=1S/C13H13F2N3O2S2/c1-7-3-4-10(20-11(14)15)8(5-7)9(19)6-21-13-18-17-12(16-2)22-13/h3-5,11H,6H2,1-2H3,(H,16,17). The van der Waals surface area contributed by atoms with E-state index in [0.717, 1.165) is 5.56 Å². The molecule has 0 amide bonds. The largest absolute Gasteiger partial charge is 0.434 e. The lowest BCUT2D eigenvalue weighted by atomic mass is 10.1. The first-order valence-corrected chi connectivity index (χ1v) is 8.02. The first kappa shape index (κ1) is 16.6. The molecule has 0 aliphatic rings. The number of hydrogen-bond acceptors (Lipinski definition) is 7. The number of nitrogens with zero attached hydrogens (tertiary/aromatic N) is 2. The van der Waals surface area contributed by atoms with Gasteiger partial charge in [0.05, 0.1) is 11.3 Å². The number of carbonyl (C=O) groups is 1. The summed E-state index contributed by atoms with van der Waals surface area (Å²) in [7, 11) is 1.72. The molecule has 0 saturated carbocycles. The smallest absolute Gasteiger partial charge is 0.387 e. The first-order chi connectivity index (χ1) is 10.5. The van der Waals surface area contributed by atoms with Gasteiger partial charge >= 0.3 is 6.61 Å². The van der Waals surface area contributed by atoms with Gasteiger partial charge in [0.2, 0.25) is 5.13 Å². The lowest BCUT2D eigenvalue weighted by molar-refractivity contribution is -0.0501. The van der Waals surface area contributed by atoms with Crippen molar-refractivity contribution in [1.29, 1.82) is 0 Å². The van der Waals surface area contributed by atoms with Gasteiger partial charge in [-0.15, -0.1) is 10.2 Å². The van der Waals surface area contributed by atoms with Crippen molar-refractivity contribution < 1.29 is 18.3 Å². The Morgan fingerprint density at radius 2 is 2.23 bits per heavy atom. The molecule has 0 aliphatic carbocycles. The molecule has 118 valence electrons. The zero-order chi connectivity index (χ0) is 16.1. The van der Waals surface area contributed by atoms with E-state index in [1.54, 1.807) is 26.1 Å². The van der Waals surface area contributed by atoms with E-state index in [2.05, 4.69) is 20.3 Å². The van der Waals surface area contributed by atoms with Gasteiger partial charge in [-0.25, -0.2) is 0 Å². The highest BCUT2D eigenvalue weighted by atomic mass is 32.2. The number of halogens is 2. The van der Waals surface area contributed by atoms with Gasteiger partial charge in [0.1, 0.15) is 5.75 Å². The molecular weight excluding hydrogens is 332 g/mol. The lowest BCUT2D eigenvalue weighted by Gasteiger charge is -2.10. The van der Waals surface area contributed by atoms with E-state index in [9.17, 15) is 13.6 Å². The molecule has 0 spiro atoms. The number of Topliss-reactive ketones (excluding diaryl/α,β-unsaturated/α-hetero) is 1. The molecule has 0 radical (unpaired) electrons. The third kappa shape index (κ3) is 4.38. The van der Waals surface area contributed by atoms with Crippen molar-refractivity contribution in [3.63, 3.8) is 0 Å². The molecule has 2 rings (SSSR count). The van der Waals surface area contributed by atoms with Crippen LogP contribution in [0.5, 0.6) is 5.75 Å². The van der Waals surface area contributed by atoms with E-state index >= 15 is 0 Å². The van der Waals surface area contributed by atoms with Crippen LogP contribution in [0.1, 0.15) is 15.9 Å². The molecule has 1 aromatic heterocycles. The van der Waals surface area contributed by atoms with Crippen LogP contribution >= 0.6 is 23.1 Å². The highest BCUT2D eigenvalue weighted by Crippen LogP contribution is 2.28. The Morgan fingerprint density at radius 3 is 2.86 bits per heavy atom. The molecule has 0 aliphatic heterocycles. The van der Waals surface area contributed by atoms with Gasteiger partial charge in [0.15, 0.2) is 10.1 Å². The minimum absolute atomic E-state index is 0.0708. The highest BCUT2D eigenvalue weighted by Gasteiger charge is 2.17. The summed E-state index contributed by atoms with van der Waals surface area (Å²) in [5, 5.41) is 11.3. The second kappa shape index (κ2) is 7.50. The molecule has 0 atom stereocenters. The third-order valence-electron chi connectivity index (χ3n) is 2.60. The van der Waals surface area contributed by atoms with Gasteiger partial charge in [0, 0.05) is 7.05 Å². The number of nitrogens with one attached hydrogen (secondary N) is 1. The maximum atomic E-state index is 12.4. The molecule has 0 unspecified atom stereocenters. The molecule has 22 heavy (non-hydrogen) atoms. The number of hydrogen-bond donors (Lipinski definition) is 1. The zero-order valence-electron chi connectivity index (χ0n) is 11.8. The fraction of sp³-hybridized carbons (Fsp3) is 0.308. The van der Waals surface area contributed by atoms with Gasteiger partial charge in [-0.1, -0.05) is 34.7 Å². The molecule has 1 N–H and O–H groups in total. The Kier molecular flexibility index (Phi) is 5.67. The van der Waals surface area contributed by atoms with Crippen molar-refractivity contribution in [3.05, 3.63) is 29.3 Å². The number of alkyl halides is 2. The Labute approximate surface area is 134 Å². The Bertz CT molecular complexity index is 664. The third-order valence-corrected chi connectivity index (χ3v) is 4.67. The number of anilines is 1. The molecule has 2 aromatic rings. The van der Waals surface area contributed by atoms with Crippen LogP contribution < -0.4 is 10.1 Å². The SMILES string of the molecule is CNc1nnc(SCC(=O)c2cc(C)ccc2OC(F)F)s1. The van der Waals surface area contributed by atoms with Crippen LogP contribution in [0.4, 0.5) is 13.9 Å². The predicted octanol–water partition coefficient (Wildman–Crippen LogP) is 3.46. The van der Waals surface area contributed by atoms with Crippen LogP contribution in [0.2, 0.25) is 0 Å². The number of thioether (sulfide) groups is 1. The van der Waals surface area contributed by atoms with E-state index in [1.165, 1.54) is 29.2 Å². The minimum Gasteiger partial charge on any atom is -0.434 e. The molecule has 0 fully saturated rings. The van der Waals surface area contributed by atoms with Crippen molar-refractivity contribution in [2.45, 2.75) is 17.9 Å². The Morgan fingerprint density at radius 1 is 1.45 bits per heavy atom. The highest BCUT2D eigenvalue weighted by molar-refractivity contribution is 8.01. The average molecular weight is 345 g/mol. The summed E-state index contributed by atoms with van der Waals surface area (Å²) in [4.78, 5) is 12.2. The predicted molar refractivity (Wildman–Crippen MR) is 82.3 cm³/mol. The van der Waals surface area contributed by atoms with Crippen molar-refractivity contribution in [2.24, 2.45) is 0 Å². The topological polar surface area (TPSA) is 64.1 Å². The Balaban J connectivity index is 2.09. The lowest BCUT2D eigenvalue weighted by Crippen LogP contribution is -2.10. The van der Waals surface area contributed by atoms with Crippen molar-refractivity contribution in [3.8, 4) is 5.75 Å². The van der Waals surface area contributed by atoms with Crippen LogP contribution in [-0.4, -0.2) is 35.4 Å². The summed E-state index contributed by atoms with van der Waals surface area (Å²) >= 11 is 2.52. The molecule has 9 heteroatoms. The quantitative estimate of drug-likeness (QED) is 0.612. The van der Waals surface area contributed by atoms with Gasteiger partial charge in [-0.3, -0.25) is 4.79 Å². The average Bonchev–Trinajstić information content (AvgIpc) is 2.94. The first-order valence-electron chi connectivity index (χ1n) is 6.22. The number of ketones is 1. The minimum atomic E-state index is -2.97. The number of ether oxygens (including phenoxy) is 1. The fourth-order valence-corrected chi connectivity index (χ4v) is 3.22. The maximum Gasteiger partial charge on any atom is 0.387 e. The molecular formula is C13H13F2N3O2S2. The number of carbonyl (C=O) groups excluding carboxylic acids is 1. The summed E-state index contributed by atoms with van der Waals surface area (Å²) in [5.74, 6) is -0.341. The van der Waals surface area contributed by atoms with Gasteiger partial charge in [-0.2, -0.15) is 8.78 Å². The molecule has 0 saturated heterocycles. The van der Waals surface area contributed by atoms with E-state index in [4.69, 9.17) is 0 Å². The number of rotatable bonds is 7. The second-order valence-corrected chi connectivity index (χ2v) is 6.41. The van der Waals surface area contributed by atoms with E-state index < -0.39 is 6.61 Å². The second-order valence-electron chi connectivity index (χ2n) is 4.21. The molecule has 1 aromatic carbocycles. The summed E-state index contributed by atoms with van der Waals surface area (Å²) in [6.45, 7) is -1.19. The number of aryl methyl sites for hydroxylation is 1. The van der Waals surface area contributed by atoms with Crippen LogP contribution in [0, 0.1) is 6.92 Å². The molecule has 1 heterocycles. The van der Waals surface area contributed by atoms with Crippen LogP contribution in [0.25, 0.3) is 0 Å². The normalized spacial score (nSPS) is 10.8. The van der Waals surface area contributed by atoms with Crippen molar-refractivity contribution in [1.82, 2.24) is 10.2 Å². The summed E-state index contributed by atoms with van der Waals surface area (Å²) in [6.07, 6.45) is 0. The van der Waals surface area contributed by atoms with Gasteiger partial charge < -0.3 is 10.1 Å². The molecule has 0 bridgehead atoms. The Hall–Kier alpha value is -1.74. The fourth-order valence-electron chi connectivity index (χ4n) is 1.63. The van der Waals surface area contributed by atoms with Crippen LogP contribution in [0.15, 0.2) is 22.5 Å². The number of benzene rings is 1. The summed E-state index contributed by atoms with van der Waals surface area (Å²) in [6, 6.07) is 4.54. The monoisotopic (exact) mass is 345 g/mol. The van der Waals surface area contributed by atoms with Gasteiger partial charge in [-0.05, 0) is 19.1 Å². The van der Waals surface area contributed by atoms with E-state index in [1.807, 2.05) is 0 Å².